The van der Waals surface area contributed by atoms with Crippen molar-refractivity contribution >= 4 is 6.03 Å². The number of methoxy groups -OCH3 is 1. The summed E-state index contributed by atoms with van der Waals surface area (Å²) in [5, 5.41) is 2.68. The summed E-state index contributed by atoms with van der Waals surface area (Å²) < 4.78 is 31.8. The predicted molar refractivity (Wildman–Crippen MR) is 79.4 cm³/mol. The van der Waals surface area contributed by atoms with Crippen LogP contribution in [0.5, 0.6) is 0 Å². The second kappa shape index (κ2) is 8.08. The van der Waals surface area contributed by atoms with E-state index in [1.165, 1.54) is 12.1 Å². The standard InChI is InChI=1S/C16H22F2N2O2/c1-22-10-8-13-6-2-3-9-20(13)16(21)19-11-12-5-4-7-14(17)15(12)18/h4-5,7,13H,2-3,6,8-11H2,1H3,(H,19,21)/t13-/m0/s1. The Kier molecular flexibility index (Phi) is 6.12. The first kappa shape index (κ1) is 16.7. The third-order valence-corrected chi connectivity index (χ3v) is 4.00. The van der Waals surface area contributed by atoms with Gasteiger partial charge in [0.2, 0.25) is 0 Å². The van der Waals surface area contributed by atoms with Crippen LogP contribution in [0.2, 0.25) is 0 Å². The Morgan fingerprint density at radius 2 is 2.23 bits per heavy atom. The molecule has 2 amide bonds. The summed E-state index contributed by atoms with van der Waals surface area (Å²) in [5.74, 6) is -1.81. The minimum absolute atomic E-state index is 0.0179. The molecule has 1 aliphatic rings. The van der Waals surface area contributed by atoms with Gasteiger partial charge in [0, 0.05) is 38.4 Å². The van der Waals surface area contributed by atoms with Gasteiger partial charge in [0.05, 0.1) is 0 Å². The van der Waals surface area contributed by atoms with Crippen molar-refractivity contribution in [2.45, 2.75) is 38.3 Å². The fourth-order valence-corrected chi connectivity index (χ4v) is 2.78. The smallest absolute Gasteiger partial charge is 0.317 e. The maximum Gasteiger partial charge on any atom is 0.317 e. The summed E-state index contributed by atoms with van der Waals surface area (Å²) in [6.45, 7) is 1.27. The van der Waals surface area contributed by atoms with Gasteiger partial charge in [0.15, 0.2) is 11.6 Å². The van der Waals surface area contributed by atoms with Gasteiger partial charge in [-0.2, -0.15) is 0 Å². The van der Waals surface area contributed by atoms with Gasteiger partial charge in [-0.25, -0.2) is 13.6 Å². The number of hydrogen-bond acceptors (Lipinski definition) is 2. The lowest BCUT2D eigenvalue weighted by atomic mass is 10.00. The van der Waals surface area contributed by atoms with Gasteiger partial charge in [0.1, 0.15) is 0 Å². The zero-order valence-corrected chi connectivity index (χ0v) is 12.8. The topological polar surface area (TPSA) is 41.6 Å². The minimum atomic E-state index is -0.905. The van der Waals surface area contributed by atoms with Crippen molar-refractivity contribution in [3.8, 4) is 0 Å². The van der Waals surface area contributed by atoms with E-state index in [-0.39, 0.29) is 24.2 Å². The van der Waals surface area contributed by atoms with Crippen LogP contribution in [0.3, 0.4) is 0 Å². The van der Waals surface area contributed by atoms with Crippen LogP contribution in [0.4, 0.5) is 13.6 Å². The van der Waals surface area contributed by atoms with E-state index in [2.05, 4.69) is 5.32 Å². The SMILES string of the molecule is COCC[C@@H]1CCCCN1C(=O)NCc1cccc(F)c1F. The Balaban J connectivity index is 1.93. The van der Waals surface area contributed by atoms with Crippen molar-refractivity contribution in [3.05, 3.63) is 35.4 Å². The highest BCUT2D eigenvalue weighted by atomic mass is 19.2. The number of nitrogens with zero attached hydrogens (tertiary/aromatic N) is 1. The molecule has 0 bridgehead atoms. The fraction of sp³-hybridized carbons (Fsp3) is 0.562. The van der Waals surface area contributed by atoms with Crippen molar-refractivity contribution in [1.29, 1.82) is 0 Å². The molecule has 122 valence electrons. The Labute approximate surface area is 129 Å². The molecule has 0 unspecified atom stereocenters. The molecule has 1 saturated heterocycles. The molecular formula is C16H22F2N2O2. The number of likely N-dealkylation sites (tertiary alicyclic amines) is 1. The number of piperidine rings is 1. The lowest BCUT2D eigenvalue weighted by Gasteiger charge is -2.35. The predicted octanol–water partition coefficient (Wildman–Crippen LogP) is 3.07. The molecule has 0 spiro atoms. The summed E-state index contributed by atoms with van der Waals surface area (Å²) in [5.41, 5.74) is 0.152. The summed E-state index contributed by atoms with van der Waals surface area (Å²) >= 11 is 0. The number of carbonyl (C=O) groups excluding carboxylic acids is 1. The average Bonchev–Trinajstić information content (AvgIpc) is 2.54. The maximum atomic E-state index is 13.6. The number of halogens is 2. The molecule has 1 aromatic carbocycles. The number of urea groups is 1. The van der Waals surface area contributed by atoms with Crippen LogP contribution in [-0.2, 0) is 11.3 Å². The average molecular weight is 312 g/mol. The van der Waals surface area contributed by atoms with Crippen LogP contribution < -0.4 is 5.32 Å². The van der Waals surface area contributed by atoms with Crippen LogP contribution in [0.1, 0.15) is 31.2 Å². The van der Waals surface area contributed by atoms with Gasteiger partial charge in [-0.3, -0.25) is 0 Å². The molecule has 0 aromatic heterocycles. The Bertz CT molecular complexity index is 511. The lowest BCUT2D eigenvalue weighted by Crippen LogP contribution is -2.48. The molecule has 6 heteroatoms. The largest absolute Gasteiger partial charge is 0.385 e. The second-order valence-corrected chi connectivity index (χ2v) is 5.50. The van der Waals surface area contributed by atoms with Crippen LogP contribution in [0.15, 0.2) is 18.2 Å². The van der Waals surface area contributed by atoms with Gasteiger partial charge in [0.25, 0.3) is 0 Å². The molecule has 1 N–H and O–H groups in total. The number of benzene rings is 1. The molecule has 22 heavy (non-hydrogen) atoms. The van der Waals surface area contributed by atoms with E-state index in [1.807, 2.05) is 0 Å². The number of rotatable bonds is 5. The summed E-state index contributed by atoms with van der Waals surface area (Å²) in [4.78, 5) is 14.1. The van der Waals surface area contributed by atoms with E-state index < -0.39 is 11.6 Å². The maximum absolute atomic E-state index is 13.6. The Morgan fingerprint density at radius 1 is 1.41 bits per heavy atom. The van der Waals surface area contributed by atoms with Gasteiger partial charge < -0.3 is 15.0 Å². The normalized spacial score (nSPS) is 18.3. The molecule has 0 radical (unpaired) electrons. The van der Waals surface area contributed by atoms with Crippen LogP contribution in [0, 0.1) is 11.6 Å². The molecule has 1 atom stereocenters. The van der Waals surface area contributed by atoms with Gasteiger partial charge >= 0.3 is 6.03 Å². The first-order chi connectivity index (χ1) is 10.6. The van der Waals surface area contributed by atoms with E-state index in [4.69, 9.17) is 4.74 Å². The van der Waals surface area contributed by atoms with E-state index >= 15 is 0 Å². The van der Waals surface area contributed by atoms with Crippen LogP contribution in [-0.4, -0.2) is 37.2 Å². The minimum Gasteiger partial charge on any atom is -0.385 e. The van der Waals surface area contributed by atoms with Gasteiger partial charge in [-0.1, -0.05) is 12.1 Å². The number of hydrogen-bond donors (Lipinski definition) is 1. The summed E-state index contributed by atoms with van der Waals surface area (Å²) in [6, 6.07) is 3.88. The van der Waals surface area contributed by atoms with Crippen molar-refractivity contribution in [3.63, 3.8) is 0 Å². The zero-order valence-electron chi connectivity index (χ0n) is 12.8. The van der Waals surface area contributed by atoms with E-state index in [0.717, 1.165) is 31.7 Å². The zero-order chi connectivity index (χ0) is 15.9. The van der Waals surface area contributed by atoms with Crippen molar-refractivity contribution in [1.82, 2.24) is 10.2 Å². The number of ether oxygens (including phenoxy) is 1. The highest BCUT2D eigenvalue weighted by Gasteiger charge is 2.26. The van der Waals surface area contributed by atoms with E-state index in [9.17, 15) is 13.6 Å². The molecule has 2 rings (SSSR count). The summed E-state index contributed by atoms with van der Waals surface area (Å²) in [6.07, 6.45) is 3.80. The fourth-order valence-electron chi connectivity index (χ4n) is 2.78. The molecule has 4 nitrogen and oxygen atoms in total. The third kappa shape index (κ3) is 4.16. The molecule has 1 heterocycles. The Hall–Kier alpha value is -1.69. The van der Waals surface area contributed by atoms with Gasteiger partial charge in [-0.15, -0.1) is 0 Å². The highest BCUT2D eigenvalue weighted by molar-refractivity contribution is 5.74. The van der Waals surface area contributed by atoms with Crippen LogP contribution in [0.25, 0.3) is 0 Å². The van der Waals surface area contributed by atoms with Crippen molar-refractivity contribution < 1.29 is 18.3 Å². The number of carbonyl (C=O) groups is 1. The molecule has 1 fully saturated rings. The van der Waals surface area contributed by atoms with Crippen molar-refractivity contribution in [2.24, 2.45) is 0 Å². The van der Waals surface area contributed by atoms with Crippen molar-refractivity contribution in [2.75, 3.05) is 20.3 Å². The van der Waals surface area contributed by atoms with Gasteiger partial charge in [-0.05, 0) is 31.7 Å². The number of amides is 2. The third-order valence-electron chi connectivity index (χ3n) is 4.00. The summed E-state index contributed by atoms with van der Waals surface area (Å²) in [7, 11) is 1.64. The first-order valence-electron chi connectivity index (χ1n) is 7.59. The molecule has 0 aliphatic carbocycles. The second-order valence-electron chi connectivity index (χ2n) is 5.50. The number of nitrogens with one attached hydrogen (secondary N) is 1. The lowest BCUT2D eigenvalue weighted by molar-refractivity contribution is 0.116. The molecule has 0 saturated carbocycles. The molecule has 1 aliphatic heterocycles. The highest BCUT2D eigenvalue weighted by Crippen LogP contribution is 2.20. The first-order valence-corrected chi connectivity index (χ1v) is 7.59. The Morgan fingerprint density at radius 3 is 3.00 bits per heavy atom. The van der Waals surface area contributed by atoms with E-state index in [0.29, 0.717) is 13.2 Å². The quantitative estimate of drug-likeness (QED) is 0.908. The monoisotopic (exact) mass is 312 g/mol. The van der Waals surface area contributed by atoms with E-state index in [1.54, 1.807) is 12.0 Å². The molecule has 1 aromatic rings. The van der Waals surface area contributed by atoms with Crippen LogP contribution >= 0.6 is 0 Å². The molecular weight excluding hydrogens is 290 g/mol.